The number of piperazine rings is 1. The molecule has 1 fully saturated rings. The molecule has 0 radical (unpaired) electrons. The van der Waals surface area contributed by atoms with Crippen molar-refractivity contribution in [3.8, 4) is 11.5 Å². The van der Waals surface area contributed by atoms with Gasteiger partial charge in [-0.3, -0.25) is 9.69 Å². The zero-order chi connectivity index (χ0) is 21.1. The first-order valence-corrected chi connectivity index (χ1v) is 10.1. The van der Waals surface area contributed by atoms with Gasteiger partial charge in [-0.2, -0.15) is 0 Å². The Bertz CT molecular complexity index is 916. The normalized spacial score (nSPS) is 17.2. The summed E-state index contributed by atoms with van der Waals surface area (Å²) in [5.41, 5.74) is 1.76. The number of rotatable bonds is 6. The van der Waals surface area contributed by atoms with Gasteiger partial charge in [-0.15, -0.1) is 0 Å². The Labute approximate surface area is 174 Å². The molecule has 8 heteroatoms. The fourth-order valence-corrected chi connectivity index (χ4v) is 3.70. The molecule has 0 saturated carbocycles. The van der Waals surface area contributed by atoms with Crippen LogP contribution >= 0.6 is 0 Å². The first kappa shape index (κ1) is 20.6. The molecule has 160 valence electrons. The number of nitrogens with one attached hydrogen (secondary N) is 1. The summed E-state index contributed by atoms with van der Waals surface area (Å²) in [5.74, 6) is -0.194. The summed E-state index contributed by atoms with van der Waals surface area (Å²) in [4.78, 5) is 16.7. The van der Waals surface area contributed by atoms with E-state index in [4.69, 9.17) is 9.47 Å². The molecule has 0 aromatic heterocycles. The van der Waals surface area contributed by atoms with E-state index in [0.717, 1.165) is 48.8 Å². The zero-order valence-corrected chi connectivity index (χ0v) is 16.9. The quantitative estimate of drug-likeness (QED) is 0.783. The van der Waals surface area contributed by atoms with Crippen molar-refractivity contribution in [1.29, 1.82) is 0 Å². The van der Waals surface area contributed by atoms with E-state index in [2.05, 4.69) is 10.2 Å². The first-order valence-electron chi connectivity index (χ1n) is 10.1. The Kier molecular flexibility index (Phi) is 6.15. The van der Waals surface area contributed by atoms with E-state index in [1.165, 1.54) is 6.07 Å². The van der Waals surface area contributed by atoms with Gasteiger partial charge in [-0.05, 0) is 42.3 Å². The third-order valence-corrected chi connectivity index (χ3v) is 5.57. The van der Waals surface area contributed by atoms with Crippen molar-refractivity contribution >= 4 is 5.91 Å². The number of hydrogen-bond acceptors (Lipinski definition) is 5. The SMILES string of the molecule is C[C@@H](NCC(=O)N1CCN(Cc2ccc3c(c2)OCO3)CC1)c1ccc(F)c(F)c1. The fraction of sp³-hybridized carbons (Fsp3) is 0.409. The lowest BCUT2D eigenvalue weighted by Crippen LogP contribution is -2.50. The van der Waals surface area contributed by atoms with Crippen LogP contribution in [0.2, 0.25) is 0 Å². The maximum Gasteiger partial charge on any atom is 0.236 e. The molecule has 2 aromatic carbocycles. The maximum absolute atomic E-state index is 13.4. The number of amides is 1. The van der Waals surface area contributed by atoms with E-state index in [1.807, 2.05) is 30.0 Å². The minimum Gasteiger partial charge on any atom is -0.454 e. The second-order valence-electron chi connectivity index (χ2n) is 7.62. The molecule has 0 unspecified atom stereocenters. The lowest BCUT2D eigenvalue weighted by Gasteiger charge is -2.35. The zero-order valence-electron chi connectivity index (χ0n) is 16.9. The van der Waals surface area contributed by atoms with Crippen molar-refractivity contribution < 1.29 is 23.0 Å². The van der Waals surface area contributed by atoms with E-state index >= 15 is 0 Å². The van der Waals surface area contributed by atoms with Gasteiger partial charge in [-0.1, -0.05) is 12.1 Å². The molecule has 30 heavy (non-hydrogen) atoms. The molecular weight excluding hydrogens is 392 g/mol. The van der Waals surface area contributed by atoms with E-state index in [9.17, 15) is 13.6 Å². The summed E-state index contributed by atoms with van der Waals surface area (Å²) in [6.07, 6.45) is 0. The summed E-state index contributed by atoms with van der Waals surface area (Å²) >= 11 is 0. The third-order valence-electron chi connectivity index (χ3n) is 5.57. The Morgan fingerprint density at radius 1 is 1.03 bits per heavy atom. The Balaban J connectivity index is 1.22. The molecule has 2 aliphatic rings. The summed E-state index contributed by atoms with van der Waals surface area (Å²) in [6, 6.07) is 9.50. The van der Waals surface area contributed by atoms with Gasteiger partial charge in [0, 0.05) is 38.8 Å². The monoisotopic (exact) mass is 417 g/mol. The van der Waals surface area contributed by atoms with Crippen LogP contribution in [0, 0.1) is 11.6 Å². The van der Waals surface area contributed by atoms with Crippen molar-refractivity contribution in [2.75, 3.05) is 39.5 Å². The second-order valence-corrected chi connectivity index (χ2v) is 7.62. The molecule has 2 aromatic rings. The minimum atomic E-state index is -0.883. The first-order chi connectivity index (χ1) is 14.5. The molecule has 6 nitrogen and oxygen atoms in total. The molecule has 1 saturated heterocycles. The van der Waals surface area contributed by atoms with Crippen molar-refractivity contribution in [3.63, 3.8) is 0 Å². The van der Waals surface area contributed by atoms with Crippen LogP contribution in [0.5, 0.6) is 11.5 Å². The van der Waals surface area contributed by atoms with Gasteiger partial charge in [0.05, 0.1) is 6.54 Å². The Morgan fingerprint density at radius 3 is 2.57 bits per heavy atom. The number of nitrogens with zero attached hydrogens (tertiary/aromatic N) is 2. The van der Waals surface area contributed by atoms with Gasteiger partial charge in [0.1, 0.15) is 0 Å². The van der Waals surface area contributed by atoms with Gasteiger partial charge in [0.15, 0.2) is 23.1 Å². The maximum atomic E-state index is 13.4. The van der Waals surface area contributed by atoms with E-state index in [-0.39, 0.29) is 25.3 Å². The van der Waals surface area contributed by atoms with Gasteiger partial charge in [-0.25, -0.2) is 8.78 Å². The summed E-state index contributed by atoms with van der Waals surface area (Å²) in [5, 5.41) is 3.10. The van der Waals surface area contributed by atoms with Gasteiger partial charge < -0.3 is 19.7 Å². The number of benzene rings is 2. The number of fused-ring (bicyclic) bond motifs is 1. The highest BCUT2D eigenvalue weighted by Gasteiger charge is 2.22. The van der Waals surface area contributed by atoms with Crippen LogP contribution in [0.4, 0.5) is 8.78 Å². The molecule has 4 rings (SSSR count). The Morgan fingerprint density at radius 2 is 1.80 bits per heavy atom. The summed E-state index contributed by atoms with van der Waals surface area (Å²) in [6.45, 7) is 5.94. The number of carbonyl (C=O) groups excluding carboxylic acids is 1. The summed E-state index contributed by atoms with van der Waals surface area (Å²) < 4.78 is 37.2. The number of carbonyl (C=O) groups is 1. The lowest BCUT2D eigenvalue weighted by atomic mass is 10.1. The number of ether oxygens (including phenoxy) is 2. The van der Waals surface area contributed by atoms with Crippen molar-refractivity contribution in [1.82, 2.24) is 15.1 Å². The molecule has 0 spiro atoms. The number of hydrogen-bond donors (Lipinski definition) is 1. The Hall–Kier alpha value is -2.71. The van der Waals surface area contributed by atoms with Crippen LogP contribution in [0.15, 0.2) is 36.4 Å². The average molecular weight is 417 g/mol. The lowest BCUT2D eigenvalue weighted by molar-refractivity contribution is -0.132. The van der Waals surface area contributed by atoms with Gasteiger partial charge >= 0.3 is 0 Å². The van der Waals surface area contributed by atoms with Crippen molar-refractivity contribution in [3.05, 3.63) is 59.2 Å². The third kappa shape index (κ3) is 4.71. The van der Waals surface area contributed by atoms with Crippen LogP contribution in [0.3, 0.4) is 0 Å². The van der Waals surface area contributed by atoms with Crippen LogP contribution in [0.1, 0.15) is 24.1 Å². The second kappa shape index (κ2) is 8.97. The predicted molar refractivity (Wildman–Crippen MR) is 107 cm³/mol. The largest absolute Gasteiger partial charge is 0.454 e. The van der Waals surface area contributed by atoms with Crippen LogP contribution in [-0.4, -0.2) is 55.2 Å². The molecule has 1 N–H and O–H groups in total. The smallest absolute Gasteiger partial charge is 0.236 e. The highest BCUT2D eigenvalue weighted by Crippen LogP contribution is 2.32. The topological polar surface area (TPSA) is 54.0 Å². The van der Waals surface area contributed by atoms with Gasteiger partial charge in [0.25, 0.3) is 0 Å². The van der Waals surface area contributed by atoms with Gasteiger partial charge in [0.2, 0.25) is 12.7 Å². The number of halogens is 2. The standard InChI is InChI=1S/C22H25F2N3O3/c1-15(17-3-4-18(23)19(24)11-17)25-12-22(28)27-8-6-26(7-9-27)13-16-2-5-20-21(10-16)30-14-29-20/h2-5,10-11,15,25H,6-9,12-14H2,1H3/t15-/m1/s1. The molecule has 1 amide bonds. The average Bonchev–Trinajstić information content (AvgIpc) is 3.22. The van der Waals surface area contributed by atoms with E-state index in [0.29, 0.717) is 18.7 Å². The highest BCUT2D eigenvalue weighted by molar-refractivity contribution is 5.78. The molecular formula is C22H25F2N3O3. The van der Waals surface area contributed by atoms with Crippen LogP contribution in [0.25, 0.3) is 0 Å². The summed E-state index contributed by atoms with van der Waals surface area (Å²) in [7, 11) is 0. The molecule has 0 bridgehead atoms. The molecule has 2 heterocycles. The van der Waals surface area contributed by atoms with Crippen LogP contribution in [-0.2, 0) is 11.3 Å². The van der Waals surface area contributed by atoms with Crippen LogP contribution < -0.4 is 14.8 Å². The van der Waals surface area contributed by atoms with E-state index in [1.54, 1.807) is 0 Å². The van der Waals surface area contributed by atoms with E-state index < -0.39 is 11.6 Å². The van der Waals surface area contributed by atoms with Crippen molar-refractivity contribution in [2.24, 2.45) is 0 Å². The highest BCUT2D eigenvalue weighted by atomic mass is 19.2. The predicted octanol–water partition coefficient (Wildman–Crippen LogP) is 2.69. The minimum absolute atomic E-state index is 0.00663. The molecule has 0 aliphatic carbocycles. The molecule has 2 aliphatic heterocycles. The van der Waals surface area contributed by atoms with Crippen molar-refractivity contribution in [2.45, 2.75) is 19.5 Å². The fourth-order valence-electron chi connectivity index (χ4n) is 3.70. The molecule has 1 atom stereocenters.